The molecule has 0 aliphatic carbocycles. The number of carbonyl (C=O) groups is 3. The molecule has 28 heavy (non-hydrogen) atoms. The number of methoxy groups -OCH3 is 1. The molecule has 142 valence electrons. The molecule has 1 fully saturated rings. The van der Waals surface area contributed by atoms with Gasteiger partial charge in [-0.05, 0) is 24.3 Å². The normalized spacial score (nSPS) is 20.5. The number of anilines is 2. The molecule has 9 nitrogen and oxygen atoms in total. The van der Waals surface area contributed by atoms with Crippen LogP contribution in [0.15, 0.2) is 64.9 Å². The van der Waals surface area contributed by atoms with Gasteiger partial charge in [0.1, 0.15) is 12.3 Å². The van der Waals surface area contributed by atoms with Crippen molar-refractivity contribution < 1.29 is 19.1 Å². The first-order valence-corrected chi connectivity index (χ1v) is 8.63. The molecule has 1 N–H and O–H groups in total. The SMILES string of the molecule is COc1ccccc1N1C(=O)[C@H]2N=NN(CC(=O)Nc3ccccc3)[C@H]2C1=O. The zero-order valence-electron chi connectivity index (χ0n) is 15.0. The number of rotatable bonds is 5. The molecule has 0 unspecified atom stereocenters. The number of fused-ring (bicyclic) bond motifs is 1. The summed E-state index contributed by atoms with van der Waals surface area (Å²) < 4.78 is 5.26. The second-order valence-electron chi connectivity index (χ2n) is 6.29. The van der Waals surface area contributed by atoms with Crippen molar-refractivity contribution in [3.05, 3.63) is 54.6 Å². The van der Waals surface area contributed by atoms with Gasteiger partial charge < -0.3 is 10.1 Å². The van der Waals surface area contributed by atoms with Crippen LogP contribution < -0.4 is 15.0 Å². The average Bonchev–Trinajstić information content (AvgIpc) is 3.22. The van der Waals surface area contributed by atoms with Gasteiger partial charge in [0, 0.05) is 5.69 Å². The van der Waals surface area contributed by atoms with Gasteiger partial charge in [0.05, 0.1) is 12.8 Å². The van der Waals surface area contributed by atoms with Crippen molar-refractivity contribution in [2.24, 2.45) is 10.3 Å². The van der Waals surface area contributed by atoms with Crippen LogP contribution in [-0.2, 0) is 14.4 Å². The van der Waals surface area contributed by atoms with Gasteiger partial charge >= 0.3 is 0 Å². The zero-order valence-corrected chi connectivity index (χ0v) is 15.0. The number of carbonyl (C=O) groups excluding carboxylic acids is 3. The molecule has 0 spiro atoms. The molecule has 3 amide bonds. The topological polar surface area (TPSA) is 104 Å². The van der Waals surface area contributed by atoms with E-state index in [1.165, 1.54) is 12.1 Å². The van der Waals surface area contributed by atoms with Crippen LogP contribution in [0.4, 0.5) is 11.4 Å². The lowest BCUT2D eigenvalue weighted by molar-refractivity contribution is -0.123. The molecule has 0 saturated carbocycles. The first kappa shape index (κ1) is 17.7. The van der Waals surface area contributed by atoms with Crippen LogP contribution in [0.5, 0.6) is 5.75 Å². The molecule has 2 aliphatic rings. The highest BCUT2D eigenvalue weighted by Gasteiger charge is 2.55. The maximum Gasteiger partial charge on any atom is 0.263 e. The third-order valence-corrected chi connectivity index (χ3v) is 4.55. The minimum atomic E-state index is -0.970. The standard InChI is InChI=1S/C19H17N5O4/c1-28-14-10-6-5-9-13(14)24-18(26)16-17(19(24)27)23(22-21-16)11-15(25)20-12-7-3-2-4-8-12/h2-10,16-17H,11H2,1H3,(H,20,25)/t16-,17+/m0/s1. The Bertz CT molecular complexity index is 962. The van der Waals surface area contributed by atoms with Crippen molar-refractivity contribution in [2.75, 3.05) is 23.9 Å². The highest BCUT2D eigenvalue weighted by molar-refractivity contribution is 6.26. The van der Waals surface area contributed by atoms with E-state index in [1.807, 2.05) is 6.07 Å². The lowest BCUT2D eigenvalue weighted by Crippen LogP contribution is -2.43. The molecular weight excluding hydrogens is 362 g/mol. The molecule has 2 aliphatic heterocycles. The van der Waals surface area contributed by atoms with E-state index < -0.39 is 23.9 Å². The van der Waals surface area contributed by atoms with E-state index in [2.05, 4.69) is 15.7 Å². The first-order chi connectivity index (χ1) is 13.6. The molecule has 2 atom stereocenters. The molecule has 2 aromatic rings. The fraction of sp³-hybridized carbons (Fsp3) is 0.211. The van der Waals surface area contributed by atoms with E-state index in [9.17, 15) is 14.4 Å². The summed E-state index contributed by atoms with van der Waals surface area (Å²) in [5, 5.41) is 11.8. The van der Waals surface area contributed by atoms with E-state index in [0.29, 0.717) is 17.1 Å². The fourth-order valence-corrected chi connectivity index (χ4v) is 3.27. The van der Waals surface area contributed by atoms with Crippen molar-refractivity contribution in [1.29, 1.82) is 0 Å². The summed E-state index contributed by atoms with van der Waals surface area (Å²) in [6, 6.07) is 13.8. The van der Waals surface area contributed by atoms with E-state index in [4.69, 9.17) is 4.74 Å². The summed E-state index contributed by atoms with van der Waals surface area (Å²) in [5.74, 6) is -0.942. The second-order valence-corrected chi connectivity index (χ2v) is 6.29. The number of benzene rings is 2. The lowest BCUT2D eigenvalue weighted by atomic mass is 10.1. The van der Waals surface area contributed by atoms with Gasteiger partial charge in [0.25, 0.3) is 11.8 Å². The maximum atomic E-state index is 13.0. The molecule has 0 bridgehead atoms. The van der Waals surface area contributed by atoms with E-state index in [0.717, 1.165) is 4.90 Å². The van der Waals surface area contributed by atoms with Gasteiger partial charge in [0.2, 0.25) is 5.91 Å². The van der Waals surface area contributed by atoms with Crippen molar-refractivity contribution in [3.63, 3.8) is 0 Å². The van der Waals surface area contributed by atoms with E-state index in [-0.39, 0.29) is 12.5 Å². The van der Waals surface area contributed by atoms with Gasteiger partial charge in [-0.25, -0.2) is 4.90 Å². The number of nitrogens with one attached hydrogen (secondary N) is 1. The molecule has 4 rings (SSSR count). The van der Waals surface area contributed by atoms with Crippen molar-refractivity contribution in [3.8, 4) is 5.75 Å². The largest absolute Gasteiger partial charge is 0.495 e. The number of hydrogen-bond acceptors (Lipinski definition) is 7. The third-order valence-electron chi connectivity index (χ3n) is 4.55. The fourth-order valence-electron chi connectivity index (χ4n) is 3.27. The second kappa shape index (κ2) is 7.10. The van der Waals surface area contributed by atoms with Gasteiger partial charge in [-0.3, -0.25) is 19.4 Å². The number of hydrogen-bond donors (Lipinski definition) is 1. The Morgan fingerprint density at radius 1 is 1.07 bits per heavy atom. The number of amides is 3. The van der Waals surface area contributed by atoms with Crippen molar-refractivity contribution in [2.45, 2.75) is 12.1 Å². The van der Waals surface area contributed by atoms with Crippen LogP contribution in [0.2, 0.25) is 0 Å². The molecule has 0 radical (unpaired) electrons. The van der Waals surface area contributed by atoms with Crippen molar-refractivity contribution >= 4 is 29.1 Å². The first-order valence-electron chi connectivity index (χ1n) is 8.63. The summed E-state index contributed by atoms with van der Waals surface area (Å²) in [7, 11) is 1.46. The predicted octanol–water partition coefficient (Wildman–Crippen LogP) is 1.63. The summed E-state index contributed by atoms with van der Waals surface area (Å²) in [4.78, 5) is 39.1. The molecule has 9 heteroatoms. The highest BCUT2D eigenvalue weighted by Crippen LogP contribution is 2.36. The monoisotopic (exact) mass is 379 g/mol. The van der Waals surface area contributed by atoms with E-state index >= 15 is 0 Å². The molecular formula is C19H17N5O4. The summed E-state index contributed by atoms with van der Waals surface area (Å²) >= 11 is 0. The van der Waals surface area contributed by atoms with Gasteiger partial charge in [-0.1, -0.05) is 35.6 Å². The molecule has 1 saturated heterocycles. The number of ether oxygens (including phenoxy) is 1. The smallest absolute Gasteiger partial charge is 0.263 e. The van der Waals surface area contributed by atoms with Gasteiger partial charge in [0.15, 0.2) is 12.1 Å². The number of para-hydroxylation sites is 3. The van der Waals surface area contributed by atoms with E-state index in [1.54, 1.807) is 48.5 Å². The Balaban J connectivity index is 1.52. The Hall–Kier alpha value is -3.75. The van der Waals surface area contributed by atoms with Crippen LogP contribution in [0, 0.1) is 0 Å². The number of imide groups is 1. The minimum Gasteiger partial charge on any atom is -0.495 e. The van der Waals surface area contributed by atoms with Crippen LogP contribution in [0.25, 0.3) is 0 Å². The Morgan fingerprint density at radius 3 is 2.54 bits per heavy atom. The summed E-state index contributed by atoms with van der Waals surface area (Å²) in [5.41, 5.74) is 0.975. The van der Waals surface area contributed by atoms with Crippen LogP contribution in [0.3, 0.4) is 0 Å². The van der Waals surface area contributed by atoms with Crippen LogP contribution in [-0.4, -0.2) is 48.5 Å². The molecule has 2 aromatic carbocycles. The van der Waals surface area contributed by atoms with Crippen LogP contribution in [0.1, 0.15) is 0 Å². The quantitative estimate of drug-likeness (QED) is 0.795. The summed E-state index contributed by atoms with van der Waals surface area (Å²) in [6.07, 6.45) is 0. The van der Waals surface area contributed by atoms with Gasteiger partial charge in [-0.2, -0.15) is 5.11 Å². The Morgan fingerprint density at radius 2 is 1.79 bits per heavy atom. The highest BCUT2D eigenvalue weighted by atomic mass is 16.5. The lowest BCUT2D eigenvalue weighted by Gasteiger charge is -2.21. The van der Waals surface area contributed by atoms with Crippen molar-refractivity contribution in [1.82, 2.24) is 5.01 Å². The summed E-state index contributed by atoms with van der Waals surface area (Å²) in [6.45, 7) is -0.196. The van der Waals surface area contributed by atoms with Gasteiger partial charge in [-0.15, -0.1) is 0 Å². The molecule has 0 aromatic heterocycles. The Labute approximate surface area is 160 Å². The predicted molar refractivity (Wildman–Crippen MR) is 99.7 cm³/mol. The molecule has 2 heterocycles. The minimum absolute atomic E-state index is 0.196. The average molecular weight is 379 g/mol. The van der Waals surface area contributed by atoms with Crippen LogP contribution >= 0.6 is 0 Å². The zero-order chi connectivity index (χ0) is 19.7. The third kappa shape index (κ3) is 2.96. The maximum absolute atomic E-state index is 13.0. The Kier molecular flexibility index (Phi) is 4.48. The number of nitrogens with zero attached hydrogens (tertiary/aromatic N) is 4.